The second-order valence-electron chi connectivity index (χ2n) is 11.7. The Kier molecular flexibility index (Phi) is 13.6. The first kappa shape index (κ1) is 37.3. The van der Waals surface area contributed by atoms with Crippen molar-refractivity contribution in [3.8, 4) is 0 Å². The second-order valence-corrected chi connectivity index (χ2v) is 11.7. The maximum Gasteiger partial charge on any atom is 0.410 e. The number of carbonyl (C=O) groups excluding carboxylic acids is 2. The molecule has 0 spiro atoms. The summed E-state index contributed by atoms with van der Waals surface area (Å²) in [6, 6.07) is 14.4. The SMILES string of the molecule is CC(=O)O[C@@H]1[C@@H](O)[C@H](O[C@H]2O[C@H](CN(Cc3ccccc3)C(=O)OCc3ccccc3)CC[C@H]2N=[N+]=[N-])[C@@H](N=[N+]=[N-])[C@H](CC(=O)O)[C@H]1N=[N+]=[N-]. The summed E-state index contributed by atoms with van der Waals surface area (Å²) in [5.41, 5.74) is 29.5. The first-order valence-electron chi connectivity index (χ1n) is 15.6. The Hall–Kier alpha value is -5.54. The van der Waals surface area contributed by atoms with Gasteiger partial charge in [0.2, 0.25) is 0 Å². The highest BCUT2D eigenvalue weighted by Gasteiger charge is 2.54. The quantitative estimate of drug-likeness (QED) is 0.114. The number of benzene rings is 2. The van der Waals surface area contributed by atoms with Crippen LogP contribution in [0.2, 0.25) is 0 Å². The fraction of sp³-hybridized carbons (Fsp3) is 0.516. The van der Waals surface area contributed by atoms with Crippen molar-refractivity contribution in [2.24, 2.45) is 21.3 Å². The number of hydrogen-bond donors (Lipinski definition) is 2. The minimum Gasteiger partial charge on any atom is -0.481 e. The molecule has 0 bridgehead atoms. The molecule has 1 heterocycles. The molecule has 50 heavy (non-hydrogen) atoms. The number of esters is 1. The standard InChI is InChI=1S/C31H36N10O9/c1-18(42)48-28-25(36-39-33)22(14-24(43)44)26(37-40-34)29(27(28)45)50-30-23(35-38-32)13-12-21(49-30)16-41(15-19-8-4-2-5-9-19)31(46)47-17-20-10-6-3-7-11-20/h2-11,21-23,25-30,45H,12-17H2,1H3,(H,43,44)/t21-,22+,23+,25+,26-,27+,28-,29+,30+/m0/s1. The molecule has 9 atom stereocenters. The number of aliphatic hydroxyl groups excluding tert-OH is 1. The Morgan fingerprint density at radius 3 is 2.08 bits per heavy atom. The first-order valence-corrected chi connectivity index (χ1v) is 15.6. The van der Waals surface area contributed by atoms with E-state index in [0.717, 1.165) is 18.1 Å². The summed E-state index contributed by atoms with van der Waals surface area (Å²) < 4.78 is 23.3. The highest BCUT2D eigenvalue weighted by Crippen LogP contribution is 2.38. The lowest BCUT2D eigenvalue weighted by Gasteiger charge is -2.47. The average Bonchev–Trinajstić information content (AvgIpc) is 3.10. The molecular formula is C31H36N10O9. The molecule has 2 aromatic carbocycles. The van der Waals surface area contributed by atoms with Crippen molar-refractivity contribution in [3.05, 3.63) is 103 Å². The summed E-state index contributed by atoms with van der Waals surface area (Å²) in [5.74, 6) is -3.53. The number of amides is 1. The molecule has 0 radical (unpaired) electrons. The fourth-order valence-corrected chi connectivity index (χ4v) is 6.13. The lowest BCUT2D eigenvalue weighted by molar-refractivity contribution is -0.260. The molecule has 19 heteroatoms. The minimum absolute atomic E-state index is 0.00896. The van der Waals surface area contributed by atoms with Crippen molar-refractivity contribution in [2.75, 3.05) is 6.54 Å². The summed E-state index contributed by atoms with van der Waals surface area (Å²) in [4.78, 5) is 47.1. The van der Waals surface area contributed by atoms with Gasteiger partial charge in [0.1, 0.15) is 18.8 Å². The summed E-state index contributed by atoms with van der Waals surface area (Å²) in [7, 11) is 0. The van der Waals surface area contributed by atoms with Gasteiger partial charge in [-0.25, -0.2) is 4.79 Å². The molecule has 264 valence electrons. The van der Waals surface area contributed by atoms with Crippen LogP contribution in [0.4, 0.5) is 4.79 Å². The van der Waals surface area contributed by atoms with Crippen LogP contribution in [0.3, 0.4) is 0 Å². The van der Waals surface area contributed by atoms with Crippen LogP contribution in [0.1, 0.15) is 37.3 Å². The molecule has 2 fully saturated rings. The molecule has 1 aliphatic heterocycles. The maximum absolute atomic E-state index is 13.4. The monoisotopic (exact) mass is 692 g/mol. The molecule has 1 saturated carbocycles. The predicted octanol–water partition coefficient (Wildman–Crippen LogP) is 5.15. The second kappa shape index (κ2) is 18.3. The number of azide groups is 3. The number of aliphatic hydroxyl groups is 1. The Labute approximate surface area is 285 Å². The molecule has 2 aliphatic rings. The van der Waals surface area contributed by atoms with Crippen molar-refractivity contribution in [1.82, 2.24) is 4.90 Å². The lowest BCUT2D eigenvalue weighted by atomic mass is 9.74. The zero-order chi connectivity index (χ0) is 36.0. The van der Waals surface area contributed by atoms with E-state index in [1.54, 1.807) is 0 Å². The van der Waals surface area contributed by atoms with Gasteiger partial charge in [-0.1, -0.05) is 76.0 Å². The van der Waals surface area contributed by atoms with Gasteiger partial charge in [0.25, 0.3) is 0 Å². The van der Waals surface area contributed by atoms with E-state index in [0.29, 0.717) is 6.42 Å². The molecule has 19 nitrogen and oxygen atoms in total. The van der Waals surface area contributed by atoms with Gasteiger partial charge < -0.3 is 34.1 Å². The maximum atomic E-state index is 13.4. The molecule has 2 aromatic rings. The van der Waals surface area contributed by atoms with Crippen molar-refractivity contribution in [1.29, 1.82) is 0 Å². The van der Waals surface area contributed by atoms with Gasteiger partial charge in [-0.05, 0) is 46.5 Å². The van der Waals surface area contributed by atoms with Crippen LogP contribution < -0.4 is 0 Å². The Balaban J connectivity index is 1.61. The van der Waals surface area contributed by atoms with Crippen LogP contribution in [-0.4, -0.2) is 88.5 Å². The van der Waals surface area contributed by atoms with E-state index >= 15 is 0 Å². The normalized spacial score (nSPS) is 27.3. The smallest absolute Gasteiger partial charge is 0.410 e. The molecular weight excluding hydrogens is 656 g/mol. The number of carboxylic acids is 1. The van der Waals surface area contributed by atoms with Crippen LogP contribution in [-0.2, 0) is 41.7 Å². The Bertz CT molecular complexity index is 1620. The van der Waals surface area contributed by atoms with Crippen LogP contribution in [0, 0.1) is 5.92 Å². The molecule has 1 amide bonds. The van der Waals surface area contributed by atoms with Gasteiger partial charge in [0, 0.05) is 34.6 Å². The highest BCUT2D eigenvalue weighted by molar-refractivity contribution is 5.68. The molecule has 4 rings (SSSR count). The van der Waals surface area contributed by atoms with Crippen LogP contribution in [0.15, 0.2) is 76.0 Å². The van der Waals surface area contributed by atoms with Crippen LogP contribution >= 0.6 is 0 Å². The van der Waals surface area contributed by atoms with Gasteiger partial charge in [-0.3, -0.25) is 9.59 Å². The third kappa shape index (κ3) is 9.99. The largest absolute Gasteiger partial charge is 0.481 e. The zero-order valence-corrected chi connectivity index (χ0v) is 26.9. The number of aliphatic carboxylic acids is 1. The summed E-state index contributed by atoms with van der Waals surface area (Å²) in [5, 5.41) is 32.1. The molecule has 1 saturated heterocycles. The zero-order valence-electron chi connectivity index (χ0n) is 26.9. The van der Waals surface area contributed by atoms with E-state index in [1.807, 2.05) is 60.7 Å². The van der Waals surface area contributed by atoms with Crippen LogP contribution in [0.5, 0.6) is 0 Å². The van der Waals surface area contributed by atoms with Crippen molar-refractivity contribution in [3.63, 3.8) is 0 Å². The summed E-state index contributed by atoms with van der Waals surface area (Å²) >= 11 is 0. The van der Waals surface area contributed by atoms with E-state index in [1.165, 1.54) is 4.90 Å². The van der Waals surface area contributed by atoms with Crippen molar-refractivity contribution in [2.45, 2.75) is 88.2 Å². The number of ether oxygens (including phenoxy) is 4. The minimum atomic E-state index is -1.81. The van der Waals surface area contributed by atoms with E-state index in [4.69, 9.17) is 18.9 Å². The first-order chi connectivity index (χ1) is 24.1. The van der Waals surface area contributed by atoms with Crippen LogP contribution in [0.25, 0.3) is 31.3 Å². The van der Waals surface area contributed by atoms with E-state index in [9.17, 15) is 41.2 Å². The number of carboxylic acid groups (broad SMARTS) is 1. The number of nitrogens with zero attached hydrogens (tertiary/aromatic N) is 10. The van der Waals surface area contributed by atoms with E-state index in [2.05, 4.69) is 30.1 Å². The van der Waals surface area contributed by atoms with Crippen molar-refractivity contribution < 1.29 is 43.5 Å². The molecule has 0 aromatic heterocycles. The number of hydrogen-bond acceptors (Lipinski definition) is 11. The average molecular weight is 693 g/mol. The third-order valence-corrected chi connectivity index (χ3v) is 8.33. The lowest BCUT2D eigenvalue weighted by Crippen LogP contribution is -2.63. The Morgan fingerprint density at radius 2 is 1.50 bits per heavy atom. The summed E-state index contributed by atoms with van der Waals surface area (Å²) in [6.07, 6.45) is -7.93. The van der Waals surface area contributed by atoms with Gasteiger partial charge in [-0.15, -0.1) is 0 Å². The predicted molar refractivity (Wildman–Crippen MR) is 172 cm³/mol. The molecule has 1 aliphatic carbocycles. The van der Waals surface area contributed by atoms with E-state index < -0.39 is 79.2 Å². The van der Waals surface area contributed by atoms with Gasteiger partial charge >= 0.3 is 18.0 Å². The van der Waals surface area contributed by atoms with Crippen molar-refractivity contribution >= 4 is 18.0 Å². The summed E-state index contributed by atoms with van der Waals surface area (Å²) in [6.45, 7) is 1.25. The van der Waals surface area contributed by atoms with E-state index in [-0.39, 0.29) is 26.1 Å². The van der Waals surface area contributed by atoms with Gasteiger partial charge in [0.05, 0.1) is 36.9 Å². The number of carbonyl (C=O) groups is 3. The highest BCUT2D eigenvalue weighted by atomic mass is 16.7. The molecule has 0 unspecified atom stereocenters. The Morgan fingerprint density at radius 1 is 0.900 bits per heavy atom. The van der Waals surface area contributed by atoms with Gasteiger partial charge in [0.15, 0.2) is 6.29 Å². The fourth-order valence-electron chi connectivity index (χ4n) is 6.13. The topological polar surface area (TPSA) is 278 Å². The number of rotatable bonds is 14. The third-order valence-electron chi connectivity index (χ3n) is 8.33. The van der Waals surface area contributed by atoms with Gasteiger partial charge in [-0.2, -0.15) is 0 Å². The molecule has 2 N–H and O–H groups in total.